The summed E-state index contributed by atoms with van der Waals surface area (Å²) in [5.41, 5.74) is 2.39. The molecule has 3 aliphatic rings. The van der Waals surface area contributed by atoms with Crippen molar-refractivity contribution in [3.05, 3.63) is 29.6 Å². The summed E-state index contributed by atoms with van der Waals surface area (Å²) in [5, 5.41) is 7.46. The first kappa shape index (κ1) is 19.7. The summed E-state index contributed by atoms with van der Waals surface area (Å²) in [4.78, 5) is 41.3. The van der Waals surface area contributed by atoms with Crippen molar-refractivity contribution in [2.24, 2.45) is 11.8 Å². The molecule has 8 nitrogen and oxygen atoms in total. The van der Waals surface area contributed by atoms with Crippen LogP contribution in [-0.4, -0.2) is 63.5 Å². The molecule has 0 radical (unpaired) electrons. The number of carbonyl (C=O) groups is 3. The minimum absolute atomic E-state index is 0.00112. The number of likely N-dealkylation sites (tertiary alicyclic amines) is 1. The highest BCUT2D eigenvalue weighted by molar-refractivity contribution is 5.94. The molecule has 8 heteroatoms. The van der Waals surface area contributed by atoms with E-state index in [9.17, 15) is 14.4 Å². The van der Waals surface area contributed by atoms with Crippen molar-refractivity contribution in [3.63, 3.8) is 0 Å². The summed E-state index contributed by atoms with van der Waals surface area (Å²) in [7, 11) is 0. The molecule has 0 bridgehead atoms. The molecule has 1 saturated heterocycles. The highest BCUT2D eigenvalue weighted by atomic mass is 16.2. The van der Waals surface area contributed by atoms with E-state index in [0.717, 1.165) is 17.8 Å². The topological polar surface area (TPSA) is 87.5 Å². The Balaban J connectivity index is 1.53. The van der Waals surface area contributed by atoms with Gasteiger partial charge in [0.05, 0.1) is 5.92 Å². The molecule has 0 aromatic carbocycles. The lowest BCUT2D eigenvalue weighted by atomic mass is 10.0. The molecule has 1 saturated carbocycles. The zero-order valence-corrected chi connectivity index (χ0v) is 17.0. The molecule has 3 heterocycles. The minimum Gasteiger partial charge on any atom is -0.351 e. The van der Waals surface area contributed by atoms with Crippen LogP contribution in [0.3, 0.4) is 0 Å². The molecule has 29 heavy (non-hydrogen) atoms. The SMILES string of the molecule is C=CCN1CC(C(=O)N2CCc3c(c(C(=O)NCC)nn3CC3CC3)C2)CC1=O. The first-order valence-corrected chi connectivity index (χ1v) is 10.6. The van der Waals surface area contributed by atoms with Crippen LogP contribution in [-0.2, 0) is 29.1 Å². The molecule has 1 aromatic heterocycles. The zero-order chi connectivity index (χ0) is 20.5. The van der Waals surface area contributed by atoms with Gasteiger partial charge >= 0.3 is 0 Å². The van der Waals surface area contributed by atoms with Crippen LogP contribution in [0.5, 0.6) is 0 Å². The van der Waals surface area contributed by atoms with Gasteiger partial charge in [-0.2, -0.15) is 5.10 Å². The summed E-state index contributed by atoms with van der Waals surface area (Å²) in [6, 6.07) is 0. The van der Waals surface area contributed by atoms with Gasteiger partial charge in [0.15, 0.2) is 5.69 Å². The smallest absolute Gasteiger partial charge is 0.272 e. The molecule has 156 valence electrons. The standard InChI is InChI=1S/C21H29N5O3/c1-3-8-24-12-15(10-18(24)27)21(29)25-9-7-17-16(13-25)19(20(28)22-4-2)23-26(17)11-14-5-6-14/h3,14-15H,1,4-13H2,2H3,(H,22,28). The molecule has 1 unspecified atom stereocenters. The highest BCUT2D eigenvalue weighted by Crippen LogP contribution is 2.33. The Morgan fingerprint density at radius 1 is 1.34 bits per heavy atom. The van der Waals surface area contributed by atoms with Crippen molar-refractivity contribution < 1.29 is 14.4 Å². The molecule has 1 atom stereocenters. The minimum atomic E-state index is -0.321. The Labute approximate surface area is 170 Å². The maximum Gasteiger partial charge on any atom is 0.272 e. The molecule has 2 aliphatic heterocycles. The van der Waals surface area contributed by atoms with Gasteiger partial charge in [-0.05, 0) is 25.7 Å². The van der Waals surface area contributed by atoms with Gasteiger partial charge < -0.3 is 15.1 Å². The summed E-state index contributed by atoms with van der Waals surface area (Å²) in [5.74, 6) is 0.147. The van der Waals surface area contributed by atoms with Crippen molar-refractivity contribution >= 4 is 17.7 Å². The highest BCUT2D eigenvalue weighted by Gasteiger charge is 2.38. The molecule has 1 aliphatic carbocycles. The van der Waals surface area contributed by atoms with Gasteiger partial charge in [-0.15, -0.1) is 6.58 Å². The summed E-state index contributed by atoms with van der Waals surface area (Å²) in [6.45, 7) is 8.85. The van der Waals surface area contributed by atoms with Gasteiger partial charge in [0.2, 0.25) is 11.8 Å². The van der Waals surface area contributed by atoms with Crippen molar-refractivity contribution in [3.8, 4) is 0 Å². The maximum atomic E-state index is 13.1. The van der Waals surface area contributed by atoms with Crippen LogP contribution < -0.4 is 5.32 Å². The monoisotopic (exact) mass is 399 g/mol. The third-order valence-electron chi connectivity index (χ3n) is 6.04. The van der Waals surface area contributed by atoms with Crippen molar-refractivity contribution in [1.29, 1.82) is 0 Å². The lowest BCUT2D eigenvalue weighted by Gasteiger charge is -2.30. The number of nitrogens with one attached hydrogen (secondary N) is 1. The normalized spacial score (nSPS) is 21.3. The van der Waals surface area contributed by atoms with E-state index in [4.69, 9.17) is 0 Å². The van der Waals surface area contributed by atoms with Crippen LogP contribution in [0.25, 0.3) is 0 Å². The van der Waals surface area contributed by atoms with Crippen LogP contribution in [0.4, 0.5) is 0 Å². The number of hydrogen-bond acceptors (Lipinski definition) is 4. The number of nitrogens with zero attached hydrogens (tertiary/aromatic N) is 4. The van der Waals surface area contributed by atoms with Gasteiger partial charge in [-0.25, -0.2) is 0 Å². The van der Waals surface area contributed by atoms with Gasteiger partial charge in [-0.3, -0.25) is 19.1 Å². The van der Waals surface area contributed by atoms with Crippen LogP contribution in [0.2, 0.25) is 0 Å². The van der Waals surface area contributed by atoms with Crippen molar-refractivity contribution in [2.75, 3.05) is 26.2 Å². The first-order valence-electron chi connectivity index (χ1n) is 10.6. The second kappa shape index (κ2) is 8.00. The lowest BCUT2D eigenvalue weighted by Crippen LogP contribution is -2.41. The Morgan fingerprint density at radius 2 is 2.14 bits per heavy atom. The quantitative estimate of drug-likeness (QED) is 0.692. The summed E-state index contributed by atoms with van der Waals surface area (Å²) in [6.07, 6.45) is 5.06. The molecule has 1 aromatic rings. The first-order chi connectivity index (χ1) is 14.0. The van der Waals surface area contributed by atoms with E-state index in [2.05, 4.69) is 17.0 Å². The maximum absolute atomic E-state index is 13.1. The molecular weight excluding hydrogens is 370 g/mol. The third kappa shape index (κ3) is 3.93. The van der Waals surface area contributed by atoms with Crippen LogP contribution >= 0.6 is 0 Å². The Kier molecular flexibility index (Phi) is 5.43. The summed E-state index contributed by atoms with van der Waals surface area (Å²) < 4.78 is 1.99. The Bertz CT molecular complexity index is 842. The van der Waals surface area contributed by atoms with E-state index in [1.807, 2.05) is 11.6 Å². The van der Waals surface area contributed by atoms with Crippen LogP contribution in [0.1, 0.15) is 47.9 Å². The number of aromatic nitrogens is 2. The molecule has 1 N–H and O–H groups in total. The lowest BCUT2D eigenvalue weighted by molar-refractivity contribution is -0.136. The number of rotatable bonds is 7. The fourth-order valence-electron chi connectivity index (χ4n) is 4.33. The molecule has 2 fully saturated rings. The van der Waals surface area contributed by atoms with Gasteiger partial charge in [-0.1, -0.05) is 6.08 Å². The van der Waals surface area contributed by atoms with E-state index in [0.29, 0.717) is 50.8 Å². The van der Waals surface area contributed by atoms with E-state index in [1.165, 1.54) is 12.8 Å². The number of fused-ring (bicyclic) bond motifs is 1. The predicted molar refractivity (Wildman–Crippen MR) is 107 cm³/mol. The molecule has 4 rings (SSSR count). The van der Waals surface area contributed by atoms with Gasteiger partial charge in [0, 0.05) is 63.4 Å². The molecule has 0 spiro atoms. The predicted octanol–water partition coefficient (Wildman–Crippen LogP) is 0.962. The molecular formula is C21H29N5O3. The van der Waals surface area contributed by atoms with Gasteiger partial charge in [0.1, 0.15) is 0 Å². The van der Waals surface area contributed by atoms with E-state index >= 15 is 0 Å². The summed E-state index contributed by atoms with van der Waals surface area (Å²) >= 11 is 0. The van der Waals surface area contributed by atoms with Crippen molar-refractivity contribution in [1.82, 2.24) is 24.9 Å². The fourth-order valence-corrected chi connectivity index (χ4v) is 4.33. The number of amides is 3. The van der Waals surface area contributed by atoms with Gasteiger partial charge in [0.25, 0.3) is 5.91 Å². The number of hydrogen-bond donors (Lipinski definition) is 1. The van der Waals surface area contributed by atoms with Crippen LogP contribution in [0, 0.1) is 11.8 Å². The average Bonchev–Trinajstić information content (AvgIpc) is 3.35. The van der Waals surface area contributed by atoms with E-state index in [1.54, 1.807) is 15.9 Å². The van der Waals surface area contributed by atoms with E-state index < -0.39 is 0 Å². The Hall–Kier alpha value is -2.64. The molecule has 3 amide bonds. The Morgan fingerprint density at radius 3 is 2.83 bits per heavy atom. The third-order valence-corrected chi connectivity index (χ3v) is 6.04. The average molecular weight is 399 g/mol. The van der Waals surface area contributed by atoms with Crippen LogP contribution in [0.15, 0.2) is 12.7 Å². The second-order valence-corrected chi connectivity index (χ2v) is 8.26. The second-order valence-electron chi connectivity index (χ2n) is 8.26. The number of carbonyl (C=O) groups excluding carboxylic acids is 3. The fraction of sp³-hybridized carbons (Fsp3) is 0.619. The zero-order valence-electron chi connectivity index (χ0n) is 17.0. The van der Waals surface area contributed by atoms with E-state index in [-0.39, 0.29) is 30.1 Å². The largest absolute Gasteiger partial charge is 0.351 e. The van der Waals surface area contributed by atoms with Crippen molar-refractivity contribution in [2.45, 2.75) is 45.7 Å².